The number of hydrogen-bond acceptors (Lipinski definition) is 3. The van der Waals surface area contributed by atoms with E-state index in [9.17, 15) is 4.79 Å². The van der Waals surface area contributed by atoms with Crippen LogP contribution >= 0.6 is 35.7 Å². The minimum atomic E-state index is 0. The third-order valence-electron chi connectivity index (χ3n) is 4.40. The highest BCUT2D eigenvalue weighted by molar-refractivity contribution is 14.0. The Bertz CT molecular complexity index is 425. The Morgan fingerprint density at radius 3 is 2.62 bits per heavy atom. The molecule has 7 heteroatoms. The van der Waals surface area contributed by atoms with E-state index in [-0.39, 0.29) is 41.2 Å². The standard InChI is InChI=1S/C17H32N4OS.HI/c1-4-18-16(21-10-11-23-17(2,3)13-21)19-12-15(22)20-14-8-6-5-7-9-14;/h14H,4-13H2,1-3H3,(H,18,19)(H,20,22);1H. The summed E-state index contributed by atoms with van der Waals surface area (Å²) in [6.07, 6.45) is 6.01. The molecule has 1 saturated carbocycles. The number of rotatable bonds is 4. The molecule has 24 heavy (non-hydrogen) atoms. The topological polar surface area (TPSA) is 56.7 Å². The first kappa shape index (κ1) is 21.9. The summed E-state index contributed by atoms with van der Waals surface area (Å²) in [6.45, 7) is 9.61. The van der Waals surface area contributed by atoms with Gasteiger partial charge in [0.1, 0.15) is 6.54 Å². The number of carbonyl (C=O) groups excluding carboxylic acids is 1. The molecule has 0 aromatic heterocycles. The van der Waals surface area contributed by atoms with E-state index in [1.165, 1.54) is 19.3 Å². The van der Waals surface area contributed by atoms with E-state index in [0.29, 0.717) is 6.04 Å². The Kier molecular flexibility index (Phi) is 9.77. The van der Waals surface area contributed by atoms with Crippen LogP contribution in [0.15, 0.2) is 4.99 Å². The van der Waals surface area contributed by atoms with Crippen LogP contribution in [-0.4, -0.2) is 59.5 Å². The van der Waals surface area contributed by atoms with Crippen LogP contribution in [0, 0.1) is 0 Å². The van der Waals surface area contributed by atoms with Crippen molar-refractivity contribution in [3.63, 3.8) is 0 Å². The second-order valence-corrected chi connectivity index (χ2v) is 8.90. The number of carbonyl (C=O) groups is 1. The van der Waals surface area contributed by atoms with Crippen molar-refractivity contribution in [1.29, 1.82) is 0 Å². The van der Waals surface area contributed by atoms with Crippen molar-refractivity contribution in [2.45, 2.75) is 63.7 Å². The number of thioether (sulfide) groups is 1. The quantitative estimate of drug-likeness (QED) is 0.379. The summed E-state index contributed by atoms with van der Waals surface area (Å²) >= 11 is 2.00. The fourth-order valence-electron chi connectivity index (χ4n) is 3.29. The molecule has 0 bridgehead atoms. The van der Waals surface area contributed by atoms with Gasteiger partial charge >= 0.3 is 0 Å². The zero-order valence-corrected chi connectivity index (χ0v) is 18.4. The van der Waals surface area contributed by atoms with Crippen LogP contribution in [0.1, 0.15) is 52.9 Å². The largest absolute Gasteiger partial charge is 0.357 e. The third kappa shape index (κ3) is 7.37. The zero-order chi connectivity index (χ0) is 16.7. The highest BCUT2D eigenvalue weighted by Crippen LogP contribution is 2.29. The number of halogens is 1. The molecule has 1 saturated heterocycles. The average molecular weight is 468 g/mol. The molecule has 2 rings (SSSR count). The maximum absolute atomic E-state index is 12.2. The van der Waals surface area contributed by atoms with Crippen LogP contribution in [0.4, 0.5) is 0 Å². The van der Waals surface area contributed by atoms with Gasteiger partial charge in [0, 0.05) is 36.2 Å². The Morgan fingerprint density at radius 1 is 1.29 bits per heavy atom. The van der Waals surface area contributed by atoms with E-state index in [2.05, 4.69) is 41.3 Å². The van der Waals surface area contributed by atoms with Gasteiger partial charge in [-0.1, -0.05) is 19.3 Å². The summed E-state index contributed by atoms with van der Waals surface area (Å²) in [6, 6.07) is 0.361. The van der Waals surface area contributed by atoms with Gasteiger partial charge in [0.15, 0.2) is 5.96 Å². The highest BCUT2D eigenvalue weighted by Gasteiger charge is 2.28. The number of nitrogens with one attached hydrogen (secondary N) is 2. The molecule has 0 radical (unpaired) electrons. The van der Waals surface area contributed by atoms with Crippen LogP contribution < -0.4 is 10.6 Å². The second-order valence-electron chi connectivity index (χ2n) is 7.10. The molecule has 1 amide bonds. The highest BCUT2D eigenvalue weighted by atomic mass is 127. The van der Waals surface area contributed by atoms with Gasteiger partial charge in [-0.25, -0.2) is 4.99 Å². The van der Waals surface area contributed by atoms with Gasteiger partial charge in [-0.2, -0.15) is 11.8 Å². The molecular weight excluding hydrogens is 435 g/mol. The van der Waals surface area contributed by atoms with Crippen LogP contribution in [0.5, 0.6) is 0 Å². The zero-order valence-electron chi connectivity index (χ0n) is 15.3. The molecule has 2 fully saturated rings. The van der Waals surface area contributed by atoms with Crippen molar-refractivity contribution in [2.75, 3.05) is 31.9 Å². The van der Waals surface area contributed by atoms with Crippen molar-refractivity contribution >= 4 is 47.6 Å². The molecule has 1 heterocycles. The number of guanidine groups is 1. The maximum Gasteiger partial charge on any atom is 0.242 e. The number of aliphatic imine (C=N–C) groups is 1. The summed E-state index contributed by atoms with van der Waals surface area (Å²) < 4.78 is 0.235. The van der Waals surface area contributed by atoms with E-state index in [0.717, 1.165) is 44.2 Å². The summed E-state index contributed by atoms with van der Waals surface area (Å²) in [5.41, 5.74) is 0. The lowest BCUT2D eigenvalue weighted by Gasteiger charge is -2.39. The monoisotopic (exact) mass is 468 g/mol. The minimum Gasteiger partial charge on any atom is -0.357 e. The van der Waals surface area contributed by atoms with Crippen LogP contribution in [0.25, 0.3) is 0 Å². The van der Waals surface area contributed by atoms with Crippen molar-refractivity contribution in [3.05, 3.63) is 0 Å². The molecule has 1 aliphatic carbocycles. The molecule has 1 aliphatic heterocycles. The maximum atomic E-state index is 12.2. The smallest absolute Gasteiger partial charge is 0.242 e. The molecule has 2 aliphatic rings. The number of hydrogen-bond donors (Lipinski definition) is 2. The average Bonchev–Trinajstić information content (AvgIpc) is 2.51. The van der Waals surface area contributed by atoms with E-state index in [4.69, 9.17) is 0 Å². The molecule has 140 valence electrons. The Hall–Kier alpha value is -0.180. The minimum absolute atomic E-state index is 0. The van der Waals surface area contributed by atoms with Gasteiger partial charge in [0.25, 0.3) is 0 Å². The van der Waals surface area contributed by atoms with E-state index in [1.807, 2.05) is 11.8 Å². The molecule has 5 nitrogen and oxygen atoms in total. The lowest BCUT2D eigenvalue weighted by Crippen LogP contribution is -2.51. The molecule has 0 aromatic carbocycles. The van der Waals surface area contributed by atoms with E-state index in [1.54, 1.807) is 0 Å². The summed E-state index contributed by atoms with van der Waals surface area (Å²) in [4.78, 5) is 19.0. The number of nitrogens with zero attached hydrogens (tertiary/aromatic N) is 2. The molecule has 0 aromatic rings. The first-order valence-corrected chi connectivity index (χ1v) is 9.95. The number of amides is 1. The van der Waals surface area contributed by atoms with Crippen LogP contribution in [-0.2, 0) is 4.79 Å². The lowest BCUT2D eigenvalue weighted by molar-refractivity contribution is -0.120. The second kappa shape index (κ2) is 10.7. The van der Waals surface area contributed by atoms with Crippen molar-refractivity contribution < 1.29 is 4.79 Å². The van der Waals surface area contributed by atoms with Gasteiger partial charge in [-0.15, -0.1) is 24.0 Å². The van der Waals surface area contributed by atoms with Gasteiger partial charge < -0.3 is 15.5 Å². The molecular formula is C17H33IN4OS. The Balaban J connectivity index is 0.00000288. The summed E-state index contributed by atoms with van der Waals surface area (Å²) in [7, 11) is 0. The normalized spacial score (nSPS) is 21.8. The molecule has 0 spiro atoms. The van der Waals surface area contributed by atoms with Gasteiger partial charge in [0.05, 0.1) is 0 Å². The molecule has 2 N–H and O–H groups in total. The van der Waals surface area contributed by atoms with Crippen molar-refractivity contribution in [2.24, 2.45) is 4.99 Å². The van der Waals surface area contributed by atoms with E-state index < -0.39 is 0 Å². The SMILES string of the molecule is CCNC(=NCC(=O)NC1CCCCC1)N1CCSC(C)(C)C1.I. The van der Waals surface area contributed by atoms with Crippen molar-refractivity contribution in [1.82, 2.24) is 15.5 Å². The molecule has 0 atom stereocenters. The van der Waals surface area contributed by atoms with E-state index >= 15 is 0 Å². The van der Waals surface area contributed by atoms with Crippen LogP contribution in [0.2, 0.25) is 0 Å². The fourth-order valence-corrected chi connectivity index (χ4v) is 4.40. The Labute approximate surface area is 168 Å². The van der Waals surface area contributed by atoms with Gasteiger partial charge in [-0.05, 0) is 33.6 Å². The first-order valence-electron chi connectivity index (χ1n) is 8.97. The lowest BCUT2D eigenvalue weighted by atomic mass is 9.95. The summed E-state index contributed by atoms with van der Waals surface area (Å²) in [5.74, 6) is 2.03. The first-order chi connectivity index (χ1) is 11.0. The third-order valence-corrected chi connectivity index (χ3v) is 5.70. The predicted molar refractivity (Wildman–Crippen MR) is 115 cm³/mol. The van der Waals surface area contributed by atoms with Gasteiger partial charge in [-0.3, -0.25) is 4.79 Å². The predicted octanol–water partition coefficient (Wildman–Crippen LogP) is 2.85. The van der Waals surface area contributed by atoms with Gasteiger partial charge in [0.2, 0.25) is 5.91 Å². The Morgan fingerprint density at radius 2 is 2.00 bits per heavy atom. The molecule has 0 unspecified atom stereocenters. The van der Waals surface area contributed by atoms with Crippen molar-refractivity contribution in [3.8, 4) is 0 Å². The van der Waals surface area contributed by atoms with Crippen LogP contribution in [0.3, 0.4) is 0 Å². The fraction of sp³-hybridized carbons (Fsp3) is 0.882. The summed E-state index contributed by atoms with van der Waals surface area (Å²) in [5, 5.41) is 6.47.